The van der Waals surface area contributed by atoms with Gasteiger partial charge in [-0.2, -0.15) is 5.10 Å². The highest BCUT2D eigenvalue weighted by atomic mass is 79.9. The summed E-state index contributed by atoms with van der Waals surface area (Å²) in [7, 11) is 0. The second kappa shape index (κ2) is 3.25. The van der Waals surface area contributed by atoms with Crippen LogP contribution in [0.1, 0.15) is 5.69 Å². The van der Waals surface area contributed by atoms with E-state index >= 15 is 0 Å². The van der Waals surface area contributed by atoms with Gasteiger partial charge in [0.1, 0.15) is 6.61 Å². The van der Waals surface area contributed by atoms with Crippen molar-refractivity contribution < 1.29 is 3.83 Å². The first-order valence-corrected chi connectivity index (χ1v) is 4.22. The molecule has 1 heterocycles. The predicted octanol–water partition coefficient (Wildman–Crippen LogP) is 2.39. The lowest BCUT2D eigenvalue weighted by Gasteiger charge is -1.92. The number of hydrogen-bond donors (Lipinski definition) is 1. The lowest BCUT2D eigenvalue weighted by molar-refractivity contribution is 0.382. The number of halogens is 1. The van der Waals surface area contributed by atoms with Gasteiger partial charge in [-0.05, 0) is 6.07 Å². The molecule has 0 saturated heterocycles. The van der Waals surface area contributed by atoms with Crippen molar-refractivity contribution in [2.24, 2.45) is 0 Å². The van der Waals surface area contributed by atoms with Crippen LogP contribution in [0.5, 0.6) is 0 Å². The Balaban J connectivity index is 2.55. The minimum Gasteiger partial charge on any atom is -0.302 e. The number of nitrogens with zero attached hydrogens (tertiary/aromatic N) is 1. The molecule has 0 aliphatic rings. The fraction of sp³-hybridized carbons (Fsp3) is 0.125. The number of fused-ring (bicyclic) bond motifs is 1. The molecule has 0 radical (unpaired) electrons. The van der Waals surface area contributed by atoms with Crippen LogP contribution in [-0.4, -0.2) is 10.2 Å². The molecule has 2 rings (SSSR count). The number of aromatic amines is 1. The number of aromatic nitrogens is 2. The highest BCUT2D eigenvalue weighted by molar-refractivity contribution is 9.06. The number of nitrogens with one attached hydrogen (secondary N) is 1. The fourth-order valence-corrected chi connectivity index (χ4v) is 1.41. The first-order chi connectivity index (χ1) is 5.92. The molecule has 0 fully saturated rings. The average Bonchev–Trinajstić information content (AvgIpc) is 2.50. The number of benzene rings is 1. The van der Waals surface area contributed by atoms with Crippen molar-refractivity contribution in [1.29, 1.82) is 0 Å². The standard InChI is InChI=1S/C8H7BrN2O/c9-12-5-8-6-3-1-2-4-7(6)10-11-8/h1-4H,5H2,(H,10,11). The molecule has 0 spiro atoms. The molecule has 0 atom stereocenters. The molecule has 0 aliphatic heterocycles. The Labute approximate surface area is 78.2 Å². The van der Waals surface area contributed by atoms with Crippen molar-refractivity contribution in [3.05, 3.63) is 30.0 Å². The van der Waals surface area contributed by atoms with Crippen LogP contribution < -0.4 is 0 Å². The molecule has 0 amide bonds. The van der Waals surface area contributed by atoms with Crippen LogP contribution in [-0.2, 0) is 10.4 Å². The Kier molecular flexibility index (Phi) is 2.10. The quantitative estimate of drug-likeness (QED) is 0.855. The molecule has 2 aromatic rings. The van der Waals surface area contributed by atoms with Gasteiger partial charge in [-0.3, -0.25) is 5.10 Å². The zero-order valence-electron chi connectivity index (χ0n) is 6.25. The first kappa shape index (κ1) is 7.76. The van der Waals surface area contributed by atoms with Crippen LogP contribution >= 0.6 is 16.3 Å². The summed E-state index contributed by atoms with van der Waals surface area (Å²) in [5.74, 6) is 0. The summed E-state index contributed by atoms with van der Waals surface area (Å²) in [5, 5.41) is 8.13. The third kappa shape index (κ3) is 1.23. The Morgan fingerprint density at radius 3 is 3.08 bits per heavy atom. The maximum Gasteiger partial charge on any atom is 0.103 e. The highest BCUT2D eigenvalue weighted by Crippen LogP contribution is 2.15. The van der Waals surface area contributed by atoms with Crippen molar-refractivity contribution >= 4 is 27.2 Å². The van der Waals surface area contributed by atoms with Gasteiger partial charge in [-0.1, -0.05) is 18.2 Å². The van der Waals surface area contributed by atoms with Gasteiger partial charge in [0.15, 0.2) is 0 Å². The Bertz CT molecular complexity index is 385. The molecular formula is C8H7BrN2O. The number of H-pyrrole nitrogens is 1. The van der Waals surface area contributed by atoms with E-state index in [1.54, 1.807) is 0 Å². The van der Waals surface area contributed by atoms with Crippen molar-refractivity contribution in [3.63, 3.8) is 0 Å². The normalized spacial score (nSPS) is 10.8. The lowest BCUT2D eigenvalue weighted by Crippen LogP contribution is -1.83. The van der Waals surface area contributed by atoms with E-state index < -0.39 is 0 Å². The Hall–Kier alpha value is -0.870. The minimum atomic E-state index is 0.501. The van der Waals surface area contributed by atoms with E-state index in [9.17, 15) is 0 Å². The van der Waals surface area contributed by atoms with E-state index in [0.29, 0.717) is 6.61 Å². The van der Waals surface area contributed by atoms with Gasteiger partial charge in [0.2, 0.25) is 0 Å². The van der Waals surface area contributed by atoms with Gasteiger partial charge in [0.05, 0.1) is 27.5 Å². The first-order valence-electron chi connectivity index (χ1n) is 3.57. The van der Waals surface area contributed by atoms with Crippen LogP contribution in [0.2, 0.25) is 0 Å². The zero-order chi connectivity index (χ0) is 8.39. The van der Waals surface area contributed by atoms with Gasteiger partial charge < -0.3 is 3.83 Å². The van der Waals surface area contributed by atoms with Crippen molar-refractivity contribution in [1.82, 2.24) is 10.2 Å². The molecule has 1 N–H and O–H groups in total. The van der Waals surface area contributed by atoms with Crippen LogP contribution in [0.4, 0.5) is 0 Å². The maximum absolute atomic E-state index is 4.84. The third-order valence-corrected chi connectivity index (χ3v) is 1.97. The van der Waals surface area contributed by atoms with Crippen LogP contribution in [0.25, 0.3) is 10.9 Å². The molecule has 0 aliphatic carbocycles. The molecule has 0 unspecified atom stereocenters. The molecule has 0 saturated carbocycles. The van der Waals surface area contributed by atoms with E-state index in [0.717, 1.165) is 16.6 Å². The van der Waals surface area contributed by atoms with Crippen LogP contribution in [0.15, 0.2) is 24.3 Å². The van der Waals surface area contributed by atoms with Gasteiger partial charge in [0.25, 0.3) is 0 Å². The van der Waals surface area contributed by atoms with Crippen molar-refractivity contribution in [2.75, 3.05) is 0 Å². The Morgan fingerprint density at radius 1 is 1.42 bits per heavy atom. The largest absolute Gasteiger partial charge is 0.302 e. The van der Waals surface area contributed by atoms with Gasteiger partial charge >= 0.3 is 0 Å². The Morgan fingerprint density at radius 2 is 2.25 bits per heavy atom. The minimum absolute atomic E-state index is 0.501. The SMILES string of the molecule is BrOCc1[nH]nc2ccccc12. The average molecular weight is 227 g/mol. The monoisotopic (exact) mass is 226 g/mol. The number of hydrogen-bond acceptors (Lipinski definition) is 2. The molecule has 12 heavy (non-hydrogen) atoms. The highest BCUT2D eigenvalue weighted by Gasteiger charge is 2.02. The van der Waals surface area contributed by atoms with E-state index in [-0.39, 0.29) is 0 Å². The number of rotatable bonds is 2. The molecular weight excluding hydrogens is 220 g/mol. The van der Waals surface area contributed by atoms with E-state index in [2.05, 4.69) is 26.5 Å². The van der Waals surface area contributed by atoms with Crippen LogP contribution in [0, 0.1) is 0 Å². The molecule has 1 aromatic carbocycles. The second-order valence-corrected chi connectivity index (χ2v) is 2.93. The maximum atomic E-state index is 4.84. The van der Waals surface area contributed by atoms with E-state index in [1.807, 2.05) is 24.3 Å². The van der Waals surface area contributed by atoms with Gasteiger partial charge in [0, 0.05) is 5.39 Å². The molecule has 62 valence electrons. The lowest BCUT2D eigenvalue weighted by atomic mass is 10.2. The van der Waals surface area contributed by atoms with Crippen molar-refractivity contribution in [2.45, 2.75) is 6.61 Å². The fourth-order valence-electron chi connectivity index (χ4n) is 1.18. The summed E-state index contributed by atoms with van der Waals surface area (Å²) < 4.78 is 4.84. The predicted molar refractivity (Wildman–Crippen MR) is 49.8 cm³/mol. The summed E-state index contributed by atoms with van der Waals surface area (Å²) >= 11 is 2.91. The molecule has 1 aromatic heterocycles. The van der Waals surface area contributed by atoms with E-state index in [4.69, 9.17) is 3.83 Å². The van der Waals surface area contributed by atoms with Crippen molar-refractivity contribution in [3.8, 4) is 0 Å². The topological polar surface area (TPSA) is 37.9 Å². The summed E-state index contributed by atoms with van der Waals surface area (Å²) in [5.41, 5.74) is 1.96. The van der Waals surface area contributed by atoms with Gasteiger partial charge in [-0.15, -0.1) is 0 Å². The van der Waals surface area contributed by atoms with E-state index in [1.165, 1.54) is 0 Å². The van der Waals surface area contributed by atoms with Gasteiger partial charge in [-0.25, -0.2) is 0 Å². The summed E-state index contributed by atoms with van der Waals surface area (Å²) in [4.78, 5) is 0. The van der Waals surface area contributed by atoms with Crippen LogP contribution in [0.3, 0.4) is 0 Å². The summed E-state index contributed by atoms with van der Waals surface area (Å²) in [6.07, 6.45) is 0. The summed E-state index contributed by atoms with van der Waals surface area (Å²) in [6.45, 7) is 0.501. The second-order valence-electron chi connectivity index (χ2n) is 2.47. The molecule has 0 bridgehead atoms. The zero-order valence-corrected chi connectivity index (χ0v) is 7.84. The smallest absolute Gasteiger partial charge is 0.103 e. The molecule has 3 nitrogen and oxygen atoms in total. The third-order valence-electron chi connectivity index (χ3n) is 1.74. The summed E-state index contributed by atoms with van der Waals surface area (Å²) in [6, 6.07) is 7.92. The number of para-hydroxylation sites is 1. The molecule has 4 heteroatoms.